The molecule has 1 saturated heterocycles. The molecule has 168 valence electrons. The van der Waals surface area contributed by atoms with Crippen LogP contribution in [0.3, 0.4) is 0 Å². The summed E-state index contributed by atoms with van der Waals surface area (Å²) in [5.74, 6) is -0.159. The molecule has 1 aliphatic heterocycles. The summed E-state index contributed by atoms with van der Waals surface area (Å²) in [4.78, 5) is 31.8. The van der Waals surface area contributed by atoms with Gasteiger partial charge in [-0.15, -0.1) is 11.3 Å². The second-order valence-corrected chi connectivity index (χ2v) is 8.34. The van der Waals surface area contributed by atoms with Crippen LogP contribution >= 0.6 is 11.3 Å². The highest BCUT2D eigenvalue weighted by Crippen LogP contribution is 2.16. The van der Waals surface area contributed by atoms with Crippen LogP contribution in [0.1, 0.15) is 11.4 Å². The number of carbonyl (C=O) groups is 2. The second-order valence-electron chi connectivity index (χ2n) is 7.45. The van der Waals surface area contributed by atoms with Gasteiger partial charge in [0.15, 0.2) is 22.9 Å². The molecule has 1 atom stereocenters. The smallest absolute Gasteiger partial charge is 0.351 e. The second kappa shape index (κ2) is 9.32. The Labute approximate surface area is 187 Å². The van der Waals surface area contributed by atoms with E-state index in [-0.39, 0.29) is 23.1 Å². The van der Waals surface area contributed by atoms with Gasteiger partial charge in [-0.3, -0.25) is 4.79 Å². The lowest BCUT2D eigenvalue weighted by molar-refractivity contribution is -0.511. The molecule has 4 N–H and O–H groups in total. The molecule has 12 heteroatoms. The molecular weight excluding hydrogens is 436 g/mol. The summed E-state index contributed by atoms with van der Waals surface area (Å²) in [6.45, 7) is 1.76. The van der Waals surface area contributed by atoms with E-state index in [4.69, 9.17) is 15.3 Å². The van der Waals surface area contributed by atoms with Gasteiger partial charge in [0.1, 0.15) is 30.4 Å². The van der Waals surface area contributed by atoms with Crippen molar-refractivity contribution < 1.29 is 28.7 Å². The van der Waals surface area contributed by atoms with Crippen LogP contribution in [0.2, 0.25) is 0 Å². The number of pyridine rings is 1. The molecule has 4 heterocycles. The number of carboxylic acid groups (broad SMARTS) is 1. The van der Waals surface area contributed by atoms with Crippen molar-refractivity contribution in [3.63, 3.8) is 0 Å². The molecule has 0 saturated carbocycles. The fraction of sp³-hybridized carbons (Fsp3) is 0.350. The zero-order valence-electron chi connectivity index (χ0n) is 17.3. The molecule has 32 heavy (non-hydrogen) atoms. The Morgan fingerprint density at radius 2 is 2.31 bits per heavy atom. The Bertz CT molecular complexity index is 1170. The molecule has 0 spiro atoms. The molecular formula is C20H23N6O5S+. The Hall–Kier alpha value is -3.51. The van der Waals surface area contributed by atoms with Crippen LogP contribution in [0.5, 0.6) is 5.75 Å². The highest BCUT2D eigenvalue weighted by Gasteiger charge is 2.24. The van der Waals surface area contributed by atoms with Crippen molar-refractivity contribution in [2.24, 2.45) is 18.1 Å². The predicted octanol–water partition coefficient (Wildman–Crippen LogP) is 0.0162. The molecule has 0 amide bonds. The summed E-state index contributed by atoms with van der Waals surface area (Å²) in [5, 5.41) is 18.1. The maximum absolute atomic E-state index is 11.5. The number of thiazole rings is 1. The van der Waals surface area contributed by atoms with E-state index in [9.17, 15) is 14.7 Å². The molecule has 0 radical (unpaired) electrons. The normalized spacial score (nSPS) is 15.3. The number of rotatable bonds is 10. The number of aldehydes is 1. The molecule has 4 rings (SSSR count). The Kier molecular flexibility index (Phi) is 6.32. The van der Waals surface area contributed by atoms with Crippen LogP contribution < -0.4 is 20.2 Å². The first kappa shape index (κ1) is 21.7. The average molecular weight is 460 g/mol. The molecule has 3 aromatic rings. The number of aromatic nitrogens is 3. The summed E-state index contributed by atoms with van der Waals surface area (Å²) in [6, 6.07) is 3.67. The average Bonchev–Trinajstić information content (AvgIpc) is 3.30. The number of nitrogens with one attached hydrogen (secondary N) is 1. The molecule has 3 aromatic heterocycles. The van der Waals surface area contributed by atoms with Gasteiger partial charge in [0.25, 0.3) is 11.8 Å². The topological polar surface area (TPSA) is 145 Å². The van der Waals surface area contributed by atoms with Gasteiger partial charge in [0.2, 0.25) is 0 Å². The number of nitrogens with zero attached hydrogens (tertiary/aromatic N) is 4. The van der Waals surface area contributed by atoms with Crippen molar-refractivity contribution in [3.05, 3.63) is 41.3 Å². The highest BCUT2D eigenvalue weighted by atomic mass is 32.1. The molecule has 1 aliphatic rings. The van der Waals surface area contributed by atoms with E-state index in [1.807, 2.05) is 23.7 Å². The summed E-state index contributed by atoms with van der Waals surface area (Å²) in [5.41, 5.74) is 7.81. The SMILES string of the molecule is Cn1c(CC2CNC2)c[n+]2cc(OCC(O/N=C(\C=O)c3csc(N)n3)C(=O)O)ccc12. The lowest BCUT2D eigenvalue weighted by atomic mass is 9.98. The van der Waals surface area contributed by atoms with Crippen molar-refractivity contribution in [1.29, 1.82) is 0 Å². The third-order valence-electron chi connectivity index (χ3n) is 5.21. The van der Waals surface area contributed by atoms with Crippen molar-refractivity contribution in [2.75, 3.05) is 25.4 Å². The Morgan fingerprint density at radius 3 is 2.94 bits per heavy atom. The number of carbonyl (C=O) groups excluding carboxylic acids is 1. The molecule has 1 fully saturated rings. The van der Waals surface area contributed by atoms with Gasteiger partial charge in [0.05, 0.1) is 7.05 Å². The fourth-order valence-corrected chi connectivity index (χ4v) is 3.87. The van der Waals surface area contributed by atoms with E-state index in [2.05, 4.69) is 20.0 Å². The van der Waals surface area contributed by atoms with Crippen molar-refractivity contribution in [1.82, 2.24) is 14.9 Å². The molecule has 1 unspecified atom stereocenters. The quantitative estimate of drug-likeness (QED) is 0.166. The number of aliphatic carboxylic acids is 1. The molecule has 0 aromatic carbocycles. The number of hydrogen-bond acceptors (Lipinski definition) is 9. The number of nitrogen functional groups attached to an aromatic ring is 1. The van der Waals surface area contributed by atoms with Gasteiger partial charge in [-0.1, -0.05) is 5.16 Å². The van der Waals surface area contributed by atoms with Gasteiger partial charge in [-0.05, 0) is 25.1 Å². The minimum absolute atomic E-state index is 0.153. The minimum Gasteiger partial charge on any atom is -0.485 e. The Balaban J connectivity index is 1.43. The number of nitrogens with two attached hydrogens (primary N) is 1. The lowest BCUT2D eigenvalue weighted by Crippen LogP contribution is -2.43. The minimum atomic E-state index is -1.42. The van der Waals surface area contributed by atoms with Crippen LogP contribution in [0.4, 0.5) is 5.13 Å². The molecule has 11 nitrogen and oxygen atoms in total. The van der Waals surface area contributed by atoms with E-state index < -0.39 is 12.1 Å². The number of aryl methyl sites for hydroxylation is 1. The van der Waals surface area contributed by atoms with E-state index in [0.29, 0.717) is 18.0 Å². The highest BCUT2D eigenvalue weighted by molar-refractivity contribution is 7.13. The predicted molar refractivity (Wildman–Crippen MR) is 116 cm³/mol. The zero-order valence-corrected chi connectivity index (χ0v) is 18.1. The third-order valence-corrected chi connectivity index (χ3v) is 5.88. The van der Waals surface area contributed by atoms with Crippen LogP contribution in [0, 0.1) is 5.92 Å². The summed E-state index contributed by atoms with van der Waals surface area (Å²) in [6.07, 6.45) is 3.82. The molecule has 0 aliphatic carbocycles. The fourth-order valence-electron chi connectivity index (χ4n) is 3.31. The summed E-state index contributed by atoms with van der Waals surface area (Å²) < 4.78 is 9.72. The number of imidazole rings is 1. The standard InChI is InChI=1S/C20H22N6O5S/c1-25-13(4-12-5-22-6-12)7-26-8-14(2-3-18(25)26)30-10-17(19(28)29)31-24-15(9-27)16-11-32-20(21)23-16/h2-3,7-9,11-12,17,22H,4-6,10H2,1H3,(H2-,21,23,28,29)/p+1/b24-15+. The van der Waals surface area contributed by atoms with Crippen molar-refractivity contribution in [2.45, 2.75) is 12.5 Å². The van der Waals surface area contributed by atoms with E-state index in [0.717, 1.165) is 36.5 Å². The van der Waals surface area contributed by atoms with Crippen molar-refractivity contribution in [3.8, 4) is 5.75 Å². The van der Waals surface area contributed by atoms with Crippen LogP contribution in [0.15, 0.2) is 35.1 Å². The number of fused-ring (bicyclic) bond motifs is 1. The Morgan fingerprint density at radius 1 is 1.50 bits per heavy atom. The van der Waals surface area contributed by atoms with Gasteiger partial charge in [0, 0.05) is 17.9 Å². The number of carboxylic acids is 1. The van der Waals surface area contributed by atoms with Crippen molar-refractivity contribution >= 4 is 40.1 Å². The molecule has 0 bridgehead atoms. The first-order valence-corrected chi connectivity index (χ1v) is 10.8. The van der Waals surface area contributed by atoms with Crippen LogP contribution in [-0.4, -0.2) is 58.4 Å². The largest absolute Gasteiger partial charge is 0.485 e. The van der Waals surface area contributed by atoms with Gasteiger partial charge >= 0.3 is 5.97 Å². The number of ether oxygens (including phenoxy) is 1. The number of hydrogen-bond donors (Lipinski definition) is 3. The number of anilines is 1. The third kappa shape index (κ3) is 4.70. The van der Waals surface area contributed by atoms with E-state index in [1.54, 1.807) is 12.3 Å². The van der Waals surface area contributed by atoms with E-state index in [1.165, 1.54) is 11.1 Å². The van der Waals surface area contributed by atoms with Gasteiger partial charge in [-0.25, -0.2) is 14.3 Å². The maximum atomic E-state index is 11.5. The monoisotopic (exact) mass is 459 g/mol. The van der Waals surface area contributed by atoms with E-state index >= 15 is 0 Å². The first-order chi connectivity index (χ1) is 15.4. The lowest BCUT2D eigenvalue weighted by Gasteiger charge is -2.25. The summed E-state index contributed by atoms with van der Waals surface area (Å²) in [7, 11) is 2.02. The zero-order chi connectivity index (χ0) is 22.7. The van der Waals surface area contributed by atoms with Gasteiger partial charge < -0.3 is 25.7 Å². The van der Waals surface area contributed by atoms with Crippen LogP contribution in [-0.2, 0) is 27.9 Å². The first-order valence-electron chi connectivity index (χ1n) is 9.91. The van der Waals surface area contributed by atoms with Crippen LogP contribution in [0.25, 0.3) is 5.65 Å². The number of oxime groups is 1. The summed E-state index contributed by atoms with van der Waals surface area (Å²) >= 11 is 1.13. The van der Waals surface area contributed by atoms with Gasteiger partial charge in [-0.2, -0.15) is 4.40 Å². The maximum Gasteiger partial charge on any atom is 0.351 e.